The van der Waals surface area contributed by atoms with Crippen LogP contribution < -0.4 is 5.32 Å². The first-order chi connectivity index (χ1) is 6.59. The number of nitrogens with one attached hydrogen (secondary N) is 1. The predicted octanol–water partition coefficient (Wildman–Crippen LogP) is 2.81. The van der Waals surface area contributed by atoms with Crippen molar-refractivity contribution in [3.63, 3.8) is 0 Å². The molecule has 1 aliphatic rings. The van der Waals surface area contributed by atoms with Crippen molar-refractivity contribution in [2.75, 3.05) is 7.05 Å². The summed E-state index contributed by atoms with van der Waals surface area (Å²) in [5, 5.41) is 3.36. The minimum absolute atomic E-state index is 0.538. The third kappa shape index (κ3) is 3.03. The topological polar surface area (TPSA) is 12.0 Å². The minimum atomic E-state index is 0.538. The Morgan fingerprint density at radius 1 is 1.43 bits per heavy atom. The summed E-state index contributed by atoms with van der Waals surface area (Å²) in [7, 11) is 2.03. The van der Waals surface area contributed by atoms with Crippen molar-refractivity contribution in [3.05, 3.63) is 0 Å². The van der Waals surface area contributed by atoms with Gasteiger partial charge in [-0.25, -0.2) is 0 Å². The average molecular weight is 193 g/mol. The molecule has 0 radical (unpaired) electrons. The van der Waals surface area contributed by atoms with E-state index in [4.69, 9.17) is 6.42 Å². The van der Waals surface area contributed by atoms with Crippen LogP contribution in [0.5, 0.6) is 0 Å². The second-order valence-corrected chi connectivity index (χ2v) is 5.31. The zero-order valence-electron chi connectivity index (χ0n) is 9.77. The summed E-state index contributed by atoms with van der Waals surface area (Å²) >= 11 is 0. The lowest BCUT2D eigenvalue weighted by molar-refractivity contribution is 0.165. The average Bonchev–Trinajstić information content (AvgIpc) is 2.15. The normalized spacial score (nSPS) is 24.1. The van der Waals surface area contributed by atoms with Crippen molar-refractivity contribution in [1.29, 1.82) is 0 Å². The van der Waals surface area contributed by atoms with Gasteiger partial charge in [-0.05, 0) is 44.1 Å². The largest absolute Gasteiger partial charge is 0.316 e. The standard InChI is InChI=1S/C13H23N/c1-5-6-12(14-4)11-7-9-13(2,3)10-8-11/h1,11-12,14H,6-10H2,2-4H3. The molecule has 1 atom stereocenters. The highest BCUT2D eigenvalue weighted by Crippen LogP contribution is 2.39. The van der Waals surface area contributed by atoms with Crippen molar-refractivity contribution in [1.82, 2.24) is 5.32 Å². The van der Waals surface area contributed by atoms with Gasteiger partial charge in [0.1, 0.15) is 0 Å². The number of terminal acetylenes is 1. The van der Waals surface area contributed by atoms with E-state index in [1.807, 2.05) is 7.05 Å². The van der Waals surface area contributed by atoms with Gasteiger partial charge in [0.2, 0.25) is 0 Å². The number of hydrogen-bond donors (Lipinski definition) is 1. The highest BCUT2D eigenvalue weighted by molar-refractivity contribution is 4.94. The molecule has 80 valence electrons. The summed E-state index contributed by atoms with van der Waals surface area (Å²) in [6.07, 6.45) is 11.6. The molecule has 14 heavy (non-hydrogen) atoms. The second kappa shape index (κ2) is 4.84. The highest BCUT2D eigenvalue weighted by Gasteiger charge is 2.30. The molecule has 1 unspecified atom stereocenters. The molecule has 1 N–H and O–H groups in total. The van der Waals surface area contributed by atoms with Gasteiger partial charge in [-0.3, -0.25) is 0 Å². The molecule has 1 rings (SSSR count). The maximum atomic E-state index is 5.37. The zero-order chi connectivity index (χ0) is 10.6. The summed E-state index contributed by atoms with van der Waals surface area (Å²) in [5.41, 5.74) is 0.560. The lowest BCUT2D eigenvalue weighted by Crippen LogP contribution is -2.37. The Morgan fingerprint density at radius 2 is 2.00 bits per heavy atom. The van der Waals surface area contributed by atoms with E-state index < -0.39 is 0 Å². The van der Waals surface area contributed by atoms with Gasteiger partial charge in [-0.15, -0.1) is 12.3 Å². The minimum Gasteiger partial charge on any atom is -0.316 e. The van der Waals surface area contributed by atoms with Crippen LogP contribution in [-0.2, 0) is 0 Å². The molecule has 0 bridgehead atoms. The Morgan fingerprint density at radius 3 is 2.43 bits per heavy atom. The maximum absolute atomic E-state index is 5.37. The van der Waals surface area contributed by atoms with E-state index >= 15 is 0 Å². The quantitative estimate of drug-likeness (QED) is 0.680. The summed E-state index contributed by atoms with van der Waals surface area (Å²) in [6.45, 7) is 4.75. The van der Waals surface area contributed by atoms with Crippen molar-refractivity contribution >= 4 is 0 Å². The molecule has 0 heterocycles. The third-order valence-electron chi connectivity index (χ3n) is 3.66. The van der Waals surface area contributed by atoms with Crippen LogP contribution in [0.25, 0.3) is 0 Å². The van der Waals surface area contributed by atoms with Crippen molar-refractivity contribution in [3.8, 4) is 12.3 Å². The van der Waals surface area contributed by atoms with E-state index in [1.54, 1.807) is 0 Å². The Bertz CT molecular complexity index is 202. The highest BCUT2D eigenvalue weighted by atomic mass is 14.9. The fourth-order valence-corrected chi connectivity index (χ4v) is 2.46. The maximum Gasteiger partial charge on any atom is 0.0243 e. The summed E-state index contributed by atoms with van der Waals surface area (Å²) in [5.74, 6) is 3.57. The van der Waals surface area contributed by atoms with Crippen LogP contribution in [0.4, 0.5) is 0 Å². The number of rotatable bonds is 3. The lowest BCUT2D eigenvalue weighted by Gasteiger charge is -2.37. The van der Waals surface area contributed by atoms with Crippen LogP contribution in [0.15, 0.2) is 0 Å². The second-order valence-electron chi connectivity index (χ2n) is 5.31. The smallest absolute Gasteiger partial charge is 0.0243 e. The molecule has 1 aliphatic carbocycles. The van der Waals surface area contributed by atoms with E-state index in [9.17, 15) is 0 Å². The van der Waals surface area contributed by atoms with E-state index in [0.717, 1.165) is 12.3 Å². The van der Waals surface area contributed by atoms with Gasteiger partial charge in [-0.1, -0.05) is 13.8 Å². The molecule has 0 aromatic carbocycles. The van der Waals surface area contributed by atoms with Crippen LogP contribution in [0, 0.1) is 23.7 Å². The van der Waals surface area contributed by atoms with Gasteiger partial charge in [0, 0.05) is 12.5 Å². The van der Waals surface area contributed by atoms with Gasteiger partial charge in [-0.2, -0.15) is 0 Å². The molecular formula is C13H23N. The monoisotopic (exact) mass is 193 g/mol. The lowest BCUT2D eigenvalue weighted by atomic mass is 9.71. The van der Waals surface area contributed by atoms with Gasteiger partial charge in [0.25, 0.3) is 0 Å². The van der Waals surface area contributed by atoms with Gasteiger partial charge in [0.05, 0.1) is 0 Å². The molecule has 1 fully saturated rings. The van der Waals surface area contributed by atoms with E-state index in [0.29, 0.717) is 11.5 Å². The van der Waals surface area contributed by atoms with Crippen molar-refractivity contribution < 1.29 is 0 Å². The number of hydrogen-bond acceptors (Lipinski definition) is 1. The molecule has 0 saturated heterocycles. The molecule has 0 spiro atoms. The van der Waals surface area contributed by atoms with Crippen LogP contribution in [0.3, 0.4) is 0 Å². The van der Waals surface area contributed by atoms with E-state index in [2.05, 4.69) is 25.1 Å². The van der Waals surface area contributed by atoms with Crippen LogP contribution >= 0.6 is 0 Å². The zero-order valence-corrected chi connectivity index (χ0v) is 9.77. The summed E-state index contributed by atoms with van der Waals surface area (Å²) < 4.78 is 0. The molecule has 0 aromatic rings. The Balaban J connectivity index is 2.44. The van der Waals surface area contributed by atoms with Crippen LogP contribution in [0.2, 0.25) is 0 Å². The first kappa shape index (κ1) is 11.6. The third-order valence-corrected chi connectivity index (χ3v) is 3.66. The Kier molecular flexibility index (Phi) is 4.01. The summed E-state index contributed by atoms with van der Waals surface area (Å²) in [4.78, 5) is 0. The van der Waals surface area contributed by atoms with E-state index in [1.165, 1.54) is 25.7 Å². The Hall–Kier alpha value is -0.480. The first-order valence-electron chi connectivity index (χ1n) is 5.70. The van der Waals surface area contributed by atoms with Gasteiger partial charge >= 0.3 is 0 Å². The molecule has 0 aliphatic heterocycles. The predicted molar refractivity (Wildman–Crippen MR) is 62.0 cm³/mol. The molecule has 1 saturated carbocycles. The Labute approximate surface area is 88.7 Å². The van der Waals surface area contributed by atoms with Crippen LogP contribution in [0.1, 0.15) is 46.0 Å². The van der Waals surface area contributed by atoms with Crippen LogP contribution in [-0.4, -0.2) is 13.1 Å². The fraction of sp³-hybridized carbons (Fsp3) is 0.846. The fourth-order valence-electron chi connectivity index (χ4n) is 2.46. The molecule has 1 heteroatoms. The van der Waals surface area contributed by atoms with Gasteiger partial charge in [0.15, 0.2) is 0 Å². The SMILES string of the molecule is C#CCC(NC)C1CCC(C)(C)CC1. The van der Waals surface area contributed by atoms with Crippen molar-refractivity contribution in [2.45, 2.75) is 52.0 Å². The molecule has 0 aromatic heterocycles. The first-order valence-corrected chi connectivity index (χ1v) is 5.70. The van der Waals surface area contributed by atoms with E-state index in [-0.39, 0.29) is 0 Å². The molecular weight excluding hydrogens is 170 g/mol. The van der Waals surface area contributed by atoms with Gasteiger partial charge < -0.3 is 5.32 Å². The summed E-state index contributed by atoms with van der Waals surface area (Å²) in [6, 6.07) is 0.538. The molecule has 0 amide bonds. The van der Waals surface area contributed by atoms with Crippen molar-refractivity contribution in [2.24, 2.45) is 11.3 Å². The molecule has 1 nitrogen and oxygen atoms in total.